The van der Waals surface area contributed by atoms with Gasteiger partial charge in [-0.2, -0.15) is 0 Å². The maximum absolute atomic E-state index is 5.92. The van der Waals surface area contributed by atoms with Crippen LogP contribution in [0.1, 0.15) is 23.1 Å². The van der Waals surface area contributed by atoms with E-state index >= 15 is 0 Å². The summed E-state index contributed by atoms with van der Waals surface area (Å²) in [4.78, 5) is 11.2. The van der Waals surface area contributed by atoms with Gasteiger partial charge in [-0.1, -0.05) is 19.6 Å². The Balaban J connectivity index is 1.77. The van der Waals surface area contributed by atoms with Gasteiger partial charge in [0.05, 0.1) is 5.92 Å². The lowest BCUT2D eigenvalue weighted by atomic mass is 10.0. The van der Waals surface area contributed by atoms with E-state index in [2.05, 4.69) is 51.3 Å². The van der Waals surface area contributed by atoms with Crippen molar-refractivity contribution < 1.29 is 4.74 Å². The molecule has 0 fully saturated rings. The second-order valence-corrected chi connectivity index (χ2v) is 12.9. The number of H-pyrrole nitrogens is 2. The molecular formula is C18H26N4OSi. The van der Waals surface area contributed by atoms with Crippen molar-refractivity contribution in [1.82, 2.24) is 19.5 Å². The van der Waals surface area contributed by atoms with Gasteiger partial charge >= 0.3 is 0 Å². The summed E-state index contributed by atoms with van der Waals surface area (Å²) in [5.41, 5.74) is 2.24. The largest absolute Gasteiger partial charge is 0.364 e. The molecule has 3 aromatic heterocycles. The van der Waals surface area contributed by atoms with Gasteiger partial charge < -0.3 is 19.3 Å². The van der Waals surface area contributed by atoms with Gasteiger partial charge in [0.15, 0.2) is 0 Å². The second kappa shape index (κ2) is 7.23. The molecule has 3 aromatic rings. The summed E-state index contributed by atoms with van der Waals surface area (Å²) in [6.45, 7) is 8.45. The lowest BCUT2D eigenvalue weighted by Gasteiger charge is -2.18. The van der Waals surface area contributed by atoms with Crippen LogP contribution in [0.4, 0.5) is 0 Å². The Kier molecular flexibility index (Phi) is 5.06. The Hall–Kier alpha value is -2.05. The minimum atomic E-state index is -1.06. The maximum Gasteiger partial charge on any atom is 0.125 e. The molecule has 0 saturated heterocycles. The highest BCUT2D eigenvalue weighted by molar-refractivity contribution is 6.76. The molecular weight excluding hydrogens is 316 g/mol. The van der Waals surface area contributed by atoms with E-state index in [4.69, 9.17) is 4.74 Å². The van der Waals surface area contributed by atoms with E-state index in [9.17, 15) is 0 Å². The fraction of sp³-hybridized carbons (Fsp3) is 0.389. The summed E-state index contributed by atoms with van der Waals surface area (Å²) in [5, 5.41) is 0. The molecule has 0 atom stereocenters. The van der Waals surface area contributed by atoms with Crippen molar-refractivity contribution in [2.75, 3.05) is 6.61 Å². The van der Waals surface area contributed by atoms with Crippen molar-refractivity contribution >= 4 is 8.07 Å². The summed E-state index contributed by atoms with van der Waals surface area (Å²) >= 11 is 0. The Bertz CT molecular complexity index is 691. The molecule has 3 heterocycles. The standard InChI is InChI=1S/C18H26N4OSi/c1-24(2,3)13-12-23-14-22-11-10-21-18(22)17(15-6-4-8-19-15)16-7-5-9-20-16/h4-11,17,19-20H,12-14H2,1-3H3. The fourth-order valence-electron chi connectivity index (χ4n) is 2.72. The van der Waals surface area contributed by atoms with Gasteiger partial charge in [0.2, 0.25) is 0 Å². The number of hydrogen-bond donors (Lipinski definition) is 2. The highest BCUT2D eigenvalue weighted by Gasteiger charge is 2.23. The van der Waals surface area contributed by atoms with E-state index in [1.807, 2.05) is 36.9 Å². The van der Waals surface area contributed by atoms with Crippen LogP contribution in [0, 0.1) is 0 Å². The van der Waals surface area contributed by atoms with E-state index in [1.54, 1.807) is 0 Å². The third-order valence-corrected chi connectivity index (χ3v) is 5.80. The SMILES string of the molecule is C[Si](C)(C)CCOCn1ccnc1C(c1ccc[nH]1)c1ccc[nH]1. The van der Waals surface area contributed by atoms with Gasteiger partial charge in [-0.25, -0.2) is 4.98 Å². The Labute approximate surface area is 144 Å². The Morgan fingerprint density at radius 1 is 1.12 bits per heavy atom. The van der Waals surface area contributed by atoms with Crippen molar-refractivity contribution in [3.05, 3.63) is 66.3 Å². The second-order valence-electron chi connectivity index (χ2n) is 7.29. The number of rotatable bonds is 8. The van der Waals surface area contributed by atoms with Gasteiger partial charge in [-0.15, -0.1) is 0 Å². The van der Waals surface area contributed by atoms with Crippen LogP contribution < -0.4 is 0 Å². The third-order valence-electron chi connectivity index (χ3n) is 4.10. The zero-order valence-corrected chi connectivity index (χ0v) is 15.6. The number of imidazole rings is 1. The molecule has 0 aliphatic carbocycles. The summed E-state index contributed by atoms with van der Waals surface area (Å²) in [7, 11) is -1.06. The van der Waals surface area contributed by atoms with Gasteiger partial charge in [-0.05, 0) is 30.3 Å². The number of hydrogen-bond acceptors (Lipinski definition) is 2. The molecule has 128 valence electrons. The molecule has 2 N–H and O–H groups in total. The van der Waals surface area contributed by atoms with Crippen LogP contribution in [-0.4, -0.2) is 34.2 Å². The van der Waals surface area contributed by atoms with Crippen LogP contribution in [0.5, 0.6) is 0 Å². The van der Waals surface area contributed by atoms with Crippen molar-refractivity contribution in [3.63, 3.8) is 0 Å². The average molecular weight is 343 g/mol. The number of nitrogens with zero attached hydrogens (tertiary/aromatic N) is 2. The van der Waals surface area contributed by atoms with E-state index in [1.165, 1.54) is 6.04 Å². The highest BCUT2D eigenvalue weighted by Crippen LogP contribution is 2.28. The topological polar surface area (TPSA) is 58.6 Å². The maximum atomic E-state index is 5.92. The van der Waals surface area contributed by atoms with E-state index in [0.717, 1.165) is 23.8 Å². The molecule has 0 aliphatic rings. The van der Waals surface area contributed by atoms with Crippen LogP contribution in [0.25, 0.3) is 0 Å². The average Bonchev–Trinajstić information content (AvgIpc) is 3.27. The normalized spacial score (nSPS) is 12.2. The minimum absolute atomic E-state index is 0.0468. The first kappa shape index (κ1) is 16.8. The van der Waals surface area contributed by atoms with Crippen LogP contribution in [0.3, 0.4) is 0 Å². The number of nitrogens with one attached hydrogen (secondary N) is 2. The molecule has 0 aromatic carbocycles. The van der Waals surface area contributed by atoms with Crippen molar-refractivity contribution in [2.24, 2.45) is 0 Å². The Morgan fingerprint density at radius 3 is 2.33 bits per heavy atom. The predicted octanol–water partition coefficient (Wildman–Crippen LogP) is 4.03. The van der Waals surface area contributed by atoms with Crippen molar-refractivity contribution in [1.29, 1.82) is 0 Å². The molecule has 0 saturated carbocycles. The third kappa shape index (κ3) is 4.07. The summed E-state index contributed by atoms with van der Waals surface area (Å²) in [6.07, 6.45) is 7.73. The van der Waals surface area contributed by atoms with Gasteiger partial charge in [0, 0.05) is 50.9 Å². The molecule has 0 radical (unpaired) electrons. The minimum Gasteiger partial charge on any atom is -0.364 e. The first-order chi connectivity index (χ1) is 11.5. The number of aromatic nitrogens is 4. The molecule has 0 unspecified atom stereocenters. The predicted molar refractivity (Wildman–Crippen MR) is 98.9 cm³/mol. The van der Waals surface area contributed by atoms with Crippen molar-refractivity contribution in [2.45, 2.75) is 38.3 Å². The molecule has 0 spiro atoms. The lowest BCUT2D eigenvalue weighted by molar-refractivity contribution is 0.0849. The molecule has 0 amide bonds. The van der Waals surface area contributed by atoms with E-state index in [0.29, 0.717) is 6.73 Å². The van der Waals surface area contributed by atoms with Crippen LogP contribution in [0.15, 0.2) is 49.1 Å². The Morgan fingerprint density at radius 2 is 1.79 bits per heavy atom. The molecule has 0 aliphatic heterocycles. The van der Waals surface area contributed by atoms with Gasteiger partial charge in [-0.3, -0.25) is 0 Å². The van der Waals surface area contributed by atoms with Crippen LogP contribution >= 0.6 is 0 Å². The van der Waals surface area contributed by atoms with Gasteiger partial charge in [0.25, 0.3) is 0 Å². The summed E-state index contributed by atoms with van der Waals surface area (Å²) in [5.74, 6) is 1.03. The van der Waals surface area contributed by atoms with Crippen molar-refractivity contribution in [3.8, 4) is 0 Å². The lowest BCUT2D eigenvalue weighted by Crippen LogP contribution is -2.22. The smallest absolute Gasteiger partial charge is 0.125 e. The summed E-state index contributed by atoms with van der Waals surface area (Å²) in [6, 6.07) is 9.40. The van der Waals surface area contributed by atoms with E-state index in [-0.39, 0.29) is 5.92 Å². The van der Waals surface area contributed by atoms with Crippen LogP contribution in [0.2, 0.25) is 25.7 Å². The zero-order valence-electron chi connectivity index (χ0n) is 14.6. The van der Waals surface area contributed by atoms with E-state index < -0.39 is 8.07 Å². The molecule has 24 heavy (non-hydrogen) atoms. The van der Waals surface area contributed by atoms with Gasteiger partial charge in [0.1, 0.15) is 12.6 Å². The molecule has 5 nitrogen and oxygen atoms in total. The zero-order chi connectivity index (χ0) is 17.0. The molecule has 6 heteroatoms. The molecule has 3 rings (SSSR count). The summed E-state index contributed by atoms with van der Waals surface area (Å²) < 4.78 is 8.01. The first-order valence-electron chi connectivity index (χ1n) is 8.40. The number of ether oxygens (including phenoxy) is 1. The highest BCUT2D eigenvalue weighted by atomic mass is 28.3. The number of aromatic amines is 2. The van der Waals surface area contributed by atoms with Crippen LogP contribution in [-0.2, 0) is 11.5 Å². The monoisotopic (exact) mass is 342 g/mol. The fourth-order valence-corrected chi connectivity index (χ4v) is 3.48. The molecule has 0 bridgehead atoms. The first-order valence-corrected chi connectivity index (χ1v) is 12.1. The quantitative estimate of drug-likeness (QED) is 0.479.